The van der Waals surface area contributed by atoms with Gasteiger partial charge in [-0.25, -0.2) is 0 Å². The lowest BCUT2D eigenvalue weighted by molar-refractivity contribution is 0.169. The zero-order chi connectivity index (χ0) is 21.9. The Balaban J connectivity index is 2.08. The summed E-state index contributed by atoms with van der Waals surface area (Å²) < 4.78 is 0. The number of hydrogen-bond acceptors (Lipinski definition) is 2. The van der Waals surface area contributed by atoms with Crippen molar-refractivity contribution in [1.29, 1.82) is 0 Å². The zero-order valence-corrected chi connectivity index (χ0v) is 21.6. The van der Waals surface area contributed by atoms with E-state index < -0.39 is 0 Å². The molecule has 0 saturated carbocycles. The summed E-state index contributed by atoms with van der Waals surface area (Å²) in [7, 11) is 2.38. The SMILES string of the molecule is CCCCCCCCN1CCC(CCCN(C)CC(CCCC)CCCCC)CC1. The van der Waals surface area contributed by atoms with Crippen LogP contribution in [0.1, 0.15) is 130 Å². The van der Waals surface area contributed by atoms with Crippen LogP contribution < -0.4 is 0 Å². The summed E-state index contributed by atoms with van der Waals surface area (Å²) in [5.74, 6) is 1.94. The first-order valence-corrected chi connectivity index (χ1v) is 14.1. The smallest absolute Gasteiger partial charge is 0.000661 e. The van der Waals surface area contributed by atoms with Crippen molar-refractivity contribution in [2.75, 3.05) is 39.8 Å². The summed E-state index contributed by atoms with van der Waals surface area (Å²) in [6, 6.07) is 0. The van der Waals surface area contributed by atoms with Gasteiger partial charge in [0.15, 0.2) is 0 Å². The van der Waals surface area contributed by atoms with E-state index in [0.29, 0.717) is 0 Å². The number of hydrogen-bond donors (Lipinski definition) is 0. The third-order valence-electron chi connectivity index (χ3n) is 7.44. The molecule has 0 bridgehead atoms. The molecule has 2 nitrogen and oxygen atoms in total. The fourth-order valence-corrected chi connectivity index (χ4v) is 5.30. The van der Waals surface area contributed by atoms with Gasteiger partial charge in [-0.3, -0.25) is 0 Å². The summed E-state index contributed by atoms with van der Waals surface area (Å²) in [5, 5.41) is 0. The molecule has 0 aromatic carbocycles. The van der Waals surface area contributed by atoms with Gasteiger partial charge in [0.05, 0.1) is 0 Å². The summed E-state index contributed by atoms with van der Waals surface area (Å²) in [5.41, 5.74) is 0. The Bertz CT molecular complexity index is 349. The van der Waals surface area contributed by atoms with Crippen molar-refractivity contribution < 1.29 is 0 Å². The lowest BCUT2D eigenvalue weighted by Gasteiger charge is -2.32. The van der Waals surface area contributed by atoms with E-state index in [1.54, 1.807) is 0 Å². The van der Waals surface area contributed by atoms with E-state index in [4.69, 9.17) is 0 Å². The fraction of sp³-hybridized carbons (Fsp3) is 1.00. The number of rotatable bonds is 20. The lowest BCUT2D eigenvalue weighted by atomic mass is 9.91. The maximum atomic E-state index is 2.75. The molecule has 1 aliphatic rings. The predicted octanol–water partition coefficient (Wildman–Crippen LogP) is 8.16. The van der Waals surface area contributed by atoms with E-state index >= 15 is 0 Å². The molecule has 1 unspecified atom stereocenters. The molecular formula is C28H58N2. The molecule has 2 heteroatoms. The molecule has 180 valence electrons. The van der Waals surface area contributed by atoms with Gasteiger partial charge in [0, 0.05) is 6.54 Å². The summed E-state index contributed by atoms with van der Waals surface area (Å²) >= 11 is 0. The monoisotopic (exact) mass is 422 g/mol. The van der Waals surface area contributed by atoms with Crippen molar-refractivity contribution in [3.8, 4) is 0 Å². The van der Waals surface area contributed by atoms with Gasteiger partial charge in [-0.2, -0.15) is 0 Å². The Morgan fingerprint density at radius 2 is 1.33 bits per heavy atom. The van der Waals surface area contributed by atoms with Crippen molar-refractivity contribution in [3.05, 3.63) is 0 Å². The minimum Gasteiger partial charge on any atom is -0.306 e. The van der Waals surface area contributed by atoms with Crippen LogP contribution >= 0.6 is 0 Å². The van der Waals surface area contributed by atoms with E-state index in [-0.39, 0.29) is 0 Å². The maximum Gasteiger partial charge on any atom is 0.000661 e. The molecule has 1 saturated heterocycles. The highest BCUT2D eigenvalue weighted by Gasteiger charge is 2.19. The molecule has 0 amide bonds. The van der Waals surface area contributed by atoms with Crippen LogP contribution in [0, 0.1) is 11.8 Å². The molecule has 1 heterocycles. The van der Waals surface area contributed by atoms with E-state index in [1.807, 2.05) is 0 Å². The molecule has 1 rings (SSSR count). The van der Waals surface area contributed by atoms with Crippen LogP contribution in [0.2, 0.25) is 0 Å². The van der Waals surface area contributed by atoms with Crippen molar-refractivity contribution >= 4 is 0 Å². The van der Waals surface area contributed by atoms with Crippen molar-refractivity contribution in [2.24, 2.45) is 11.8 Å². The van der Waals surface area contributed by atoms with E-state index in [2.05, 4.69) is 37.6 Å². The second kappa shape index (κ2) is 19.6. The zero-order valence-electron chi connectivity index (χ0n) is 21.6. The van der Waals surface area contributed by atoms with Crippen LogP contribution in [-0.2, 0) is 0 Å². The Morgan fingerprint density at radius 3 is 2.03 bits per heavy atom. The number of unbranched alkanes of at least 4 members (excludes halogenated alkanes) is 8. The van der Waals surface area contributed by atoms with Crippen LogP contribution in [0.25, 0.3) is 0 Å². The van der Waals surface area contributed by atoms with Crippen molar-refractivity contribution in [1.82, 2.24) is 9.80 Å². The first-order chi connectivity index (χ1) is 14.7. The second-order valence-corrected chi connectivity index (χ2v) is 10.5. The highest BCUT2D eigenvalue weighted by atomic mass is 15.1. The molecule has 1 fully saturated rings. The first-order valence-electron chi connectivity index (χ1n) is 14.1. The van der Waals surface area contributed by atoms with Gasteiger partial charge in [0.25, 0.3) is 0 Å². The Hall–Kier alpha value is -0.0800. The van der Waals surface area contributed by atoms with E-state index in [9.17, 15) is 0 Å². The van der Waals surface area contributed by atoms with Crippen molar-refractivity contribution in [2.45, 2.75) is 130 Å². The molecule has 0 aromatic rings. The molecule has 0 spiro atoms. The van der Waals surface area contributed by atoms with Crippen LogP contribution in [0.3, 0.4) is 0 Å². The van der Waals surface area contributed by atoms with E-state index in [0.717, 1.165) is 11.8 Å². The van der Waals surface area contributed by atoms with Crippen LogP contribution in [0.4, 0.5) is 0 Å². The lowest BCUT2D eigenvalue weighted by Crippen LogP contribution is -2.34. The minimum atomic E-state index is 0.937. The fourth-order valence-electron chi connectivity index (χ4n) is 5.30. The average molecular weight is 423 g/mol. The topological polar surface area (TPSA) is 6.48 Å². The van der Waals surface area contributed by atoms with Crippen LogP contribution in [0.15, 0.2) is 0 Å². The van der Waals surface area contributed by atoms with Crippen molar-refractivity contribution in [3.63, 3.8) is 0 Å². The Kier molecular flexibility index (Phi) is 18.3. The largest absolute Gasteiger partial charge is 0.306 e. The highest BCUT2D eigenvalue weighted by molar-refractivity contribution is 4.73. The standard InChI is InChI=1S/C28H58N2/c1-5-8-11-12-13-15-23-30-24-20-27(21-25-30)19-16-22-29(4)26-28(17-10-7-3)18-14-9-6-2/h27-28H,5-26H2,1-4H3. The van der Waals surface area contributed by atoms with Gasteiger partial charge < -0.3 is 9.80 Å². The number of piperidine rings is 1. The normalized spacial score (nSPS) is 17.1. The third-order valence-corrected chi connectivity index (χ3v) is 7.44. The second-order valence-electron chi connectivity index (χ2n) is 10.5. The average Bonchev–Trinajstić information content (AvgIpc) is 2.75. The molecular weight excluding hydrogens is 364 g/mol. The molecule has 0 aromatic heterocycles. The van der Waals surface area contributed by atoms with Gasteiger partial charge in [0.2, 0.25) is 0 Å². The quantitative estimate of drug-likeness (QED) is 0.183. The first kappa shape index (κ1) is 28.0. The summed E-state index contributed by atoms with van der Waals surface area (Å²) in [6.07, 6.45) is 24.2. The molecule has 0 N–H and O–H groups in total. The molecule has 0 radical (unpaired) electrons. The van der Waals surface area contributed by atoms with E-state index in [1.165, 1.54) is 142 Å². The van der Waals surface area contributed by atoms with Crippen LogP contribution in [-0.4, -0.2) is 49.6 Å². The van der Waals surface area contributed by atoms with Gasteiger partial charge in [-0.15, -0.1) is 0 Å². The highest BCUT2D eigenvalue weighted by Crippen LogP contribution is 2.23. The van der Waals surface area contributed by atoms with Gasteiger partial charge in [-0.1, -0.05) is 85.0 Å². The predicted molar refractivity (Wildman–Crippen MR) is 136 cm³/mol. The summed E-state index contributed by atoms with van der Waals surface area (Å²) in [6.45, 7) is 13.7. The number of nitrogens with zero attached hydrogens (tertiary/aromatic N) is 2. The number of likely N-dealkylation sites (tertiary alicyclic amines) is 1. The Labute approximate surface area is 191 Å². The Morgan fingerprint density at radius 1 is 0.733 bits per heavy atom. The van der Waals surface area contributed by atoms with Gasteiger partial charge in [-0.05, 0) is 90.0 Å². The van der Waals surface area contributed by atoms with Gasteiger partial charge >= 0.3 is 0 Å². The minimum absolute atomic E-state index is 0.937. The van der Waals surface area contributed by atoms with Crippen LogP contribution in [0.5, 0.6) is 0 Å². The molecule has 0 aliphatic carbocycles. The molecule has 1 aliphatic heterocycles. The molecule has 30 heavy (non-hydrogen) atoms. The summed E-state index contributed by atoms with van der Waals surface area (Å²) in [4.78, 5) is 5.40. The van der Waals surface area contributed by atoms with Gasteiger partial charge in [0.1, 0.15) is 0 Å². The maximum absolute atomic E-state index is 2.75. The molecule has 1 atom stereocenters. The third kappa shape index (κ3) is 14.8.